The van der Waals surface area contributed by atoms with E-state index in [1.165, 1.54) is 6.26 Å². The van der Waals surface area contributed by atoms with Crippen LogP contribution < -0.4 is 11.1 Å². The summed E-state index contributed by atoms with van der Waals surface area (Å²) in [6.45, 7) is 1.90. The lowest BCUT2D eigenvalue weighted by Gasteiger charge is -2.29. The Kier molecular flexibility index (Phi) is 6.42. The molecule has 3 N–H and O–H groups in total. The summed E-state index contributed by atoms with van der Waals surface area (Å²) in [6, 6.07) is 14.8. The summed E-state index contributed by atoms with van der Waals surface area (Å²) < 4.78 is 10.9. The summed E-state index contributed by atoms with van der Waals surface area (Å²) in [5.41, 5.74) is 7.05. The number of primary amides is 1. The third-order valence-corrected chi connectivity index (χ3v) is 5.23. The first-order valence-electron chi connectivity index (χ1n) is 8.89. The molecule has 1 aromatic heterocycles. The molecule has 1 aliphatic rings. The fourth-order valence-electron chi connectivity index (χ4n) is 3.04. The molecule has 0 saturated heterocycles. The number of carbonyl (C=O) groups is 2. The highest BCUT2D eigenvalue weighted by atomic mass is 32.2. The Morgan fingerprint density at radius 2 is 2.03 bits per heavy atom. The molecule has 8 heteroatoms. The highest BCUT2D eigenvalue weighted by Gasteiger charge is 2.38. The number of rotatable bonds is 7. The number of ether oxygens (including phenoxy) is 1. The predicted molar refractivity (Wildman–Crippen MR) is 109 cm³/mol. The highest BCUT2D eigenvalue weighted by molar-refractivity contribution is 8.03. The highest BCUT2D eigenvalue weighted by Crippen LogP contribution is 2.43. The average Bonchev–Trinajstić information content (AvgIpc) is 3.26. The van der Waals surface area contributed by atoms with E-state index in [-0.39, 0.29) is 23.5 Å². The molecule has 29 heavy (non-hydrogen) atoms. The Labute approximate surface area is 172 Å². The number of nitriles is 1. The van der Waals surface area contributed by atoms with Crippen LogP contribution in [0.1, 0.15) is 24.2 Å². The molecule has 1 aromatic carbocycles. The zero-order valence-corrected chi connectivity index (χ0v) is 16.5. The largest absolute Gasteiger partial charge is 0.468 e. The van der Waals surface area contributed by atoms with Gasteiger partial charge in [-0.25, -0.2) is 4.79 Å². The lowest BCUT2D eigenvalue weighted by Crippen LogP contribution is -2.29. The van der Waals surface area contributed by atoms with Crippen molar-refractivity contribution in [2.45, 2.75) is 12.8 Å². The molecule has 0 unspecified atom stereocenters. The van der Waals surface area contributed by atoms with Crippen molar-refractivity contribution in [2.75, 3.05) is 12.4 Å². The van der Waals surface area contributed by atoms with Gasteiger partial charge < -0.3 is 20.2 Å². The molecule has 0 spiro atoms. The van der Waals surface area contributed by atoms with E-state index in [2.05, 4.69) is 11.4 Å². The number of carbonyl (C=O) groups excluding carboxylic acids is 2. The van der Waals surface area contributed by atoms with E-state index in [4.69, 9.17) is 14.9 Å². The topological polar surface area (TPSA) is 118 Å². The van der Waals surface area contributed by atoms with Crippen LogP contribution in [0, 0.1) is 11.3 Å². The van der Waals surface area contributed by atoms with E-state index in [1.807, 2.05) is 30.3 Å². The van der Waals surface area contributed by atoms with Gasteiger partial charge in [0.25, 0.3) is 0 Å². The Bertz CT molecular complexity index is 1000. The first-order valence-corrected chi connectivity index (χ1v) is 9.87. The van der Waals surface area contributed by atoms with Crippen molar-refractivity contribution in [1.82, 2.24) is 5.32 Å². The van der Waals surface area contributed by atoms with Gasteiger partial charge in [-0.3, -0.25) is 4.79 Å². The first kappa shape index (κ1) is 20.3. The molecule has 2 heterocycles. The van der Waals surface area contributed by atoms with Gasteiger partial charge in [0.05, 0.1) is 52.5 Å². The zero-order valence-electron chi connectivity index (χ0n) is 15.7. The van der Waals surface area contributed by atoms with Gasteiger partial charge in [0.2, 0.25) is 5.91 Å². The molecule has 0 bridgehead atoms. The minimum absolute atomic E-state index is 0.0187. The normalized spacial score (nSPS) is 16.2. The molecule has 148 valence electrons. The van der Waals surface area contributed by atoms with Crippen LogP contribution in [0.4, 0.5) is 0 Å². The zero-order chi connectivity index (χ0) is 20.8. The number of benzene rings is 1. The fraction of sp³-hybridized carbons (Fsp3) is 0.190. The number of allylic oxidation sites excluding steroid dienone is 1. The summed E-state index contributed by atoms with van der Waals surface area (Å²) in [5, 5.41) is 13.5. The lowest BCUT2D eigenvalue weighted by molar-refractivity contribution is -0.138. The van der Waals surface area contributed by atoms with Crippen molar-refractivity contribution in [2.24, 2.45) is 5.73 Å². The average molecular weight is 409 g/mol. The van der Waals surface area contributed by atoms with Crippen LogP contribution in [0.3, 0.4) is 0 Å². The molecule has 3 rings (SSSR count). The molecule has 1 atom stereocenters. The van der Waals surface area contributed by atoms with Gasteiger partial charge in [-0.15, -0.1) is 0 Å². The standard InChI is InChI=1S/C21H19N3O4S/c1-2-27-21(26)18-17(15-9-6-10-28-15)14(11-22)20(29-12-16(23)25)24-19(18)13-7-4-3-5-8-13/h3-10,17,24H,2,12H2,1H3,(H2,23,25)/t17-/m1/s1. The second-order valence-electron chi connectivity index (χ2n) is 6.06. The molecule has 1 amide bonds. The molecule has 0 saturated carbocycles. The van der Waals surface area contributed by atoms with Crippen molar-refractivity contribution >= 4 is 29.3 Å². The van der Waals surface area contributed by atoms with E-state index in [0.717, 1.165) is 17.3 Å². The number of amides is 1. The van der Waals surface area contributed by atoms with E-state index < -0.39 is 17.8 Å². The summed E-state index contributed by atoms with van der Waals surface area (Å²) in [7, 11) is 0. The van der Waals surface area contributed by atoms with Crippen molar-refractivity contribution < 1.29 is 18.7 Å². The van der Waals surface area contributed by atoms with Gasteiger partial charge in [-0.05, 0) is 24.6 Å². The summed E-state index contributed by atoms with van der Waals surface area (Å²) >= 11 is 1.11. The second-order valence-corrected chi connectivity index (χ2v) is 7.04. The van der Waals surface area contributed by atoms with Gasteiger partial charge in [0, 0.05) is 0 Å². The number of hydrogen-bond donors (Lipinski definition) is 2. The number of furan rings is 1. The van der Waals surface area contributed by atoms with Crippen molar-refractivity contribution in [1.29, 1.82) is 5.26 Å². The van der Waals surface area contributed by atoms with Gasteiger partial charge in [0.15, 0.2) is 0 Å². The van der Waals surface area contributed by atoms with Gasteiger partial charge in [-0.2, -0.15) is 5.26 Å². The Balaban J connectivity index is 2.22. The fourth-order valence-corrected chi connectivity index (χ4v) is 3.82. The quantitative estimate of drug-likeness (QED) is 0.675. The maximum Gasteiger partial charge on any atom is 0.337 e. The van der Waals surface area contributed by atoms with Gasteiger partial charge in [-0.1, -0.05) is 42.1 Å². The Morgan fingerprint density at radius 3 is 2.62 bits per heavy atom. The van der Waals surface area contributed by atoms with E-state index in [9.17, 15) is 14.9 Å². The van der Waals surface area contributed by atoms with Crippen LogP contribution in [0.25, 0.3) is 5.70 Å². The minimum atomic E-state index is -0.777. The number of nitrogens with zero attached hydrogens (tertiary/aromatic N) is 1. The predicted octanol–water partition coefficient (Wildman–Crippen LogP) is 2.89. The molecule has 0 fully saturated rings. The lowest BCUT2D eigenvalue weighted by atomic mass is 9.84. The minimum Gasteiger partial charge on any atom is -0.468 e. The summed E-state index contributed by atoms with van der Waals surface area (Å²) in [5.74, 6) is -1.43. The number of nitrogens with two attached hydrogens (primary N) is 1. The smallest absolute Gasteiger partial charge is 0.337 e. The summed E-state index contributed by atoms with van der Waals surface area (Å²) in [6.07, 6.45) is 1.48. The van der Waals surface area contributed by atoms with Crippen molar-refractivity contribution in [3.8, 4) is 6.07 Å². The number of thioether (sulfide) groups is 1. The van der Waals surface area contributed by atoms with E-state index in [0.29, 0.717) is 16.5 Å². The van der Waals surface area contributed by atoms with Gasteiger partial charge >= 0.3 is 5.97 Å². The van der Waals surface area contributed by atoms with E-state index >= 15 is 0 Å². The first-order chi connectivity index (χ1) is 14.1. The van der Waals surface area contributed by atoms with E-state index in [1.54, 1.807) is 19.1 Å². The van der Waals surface area contributed by atoms with Crippen molar-refractivity contribution in [3.63, 3.8) is 0 Å². The monoisotopic (exact) mass is 409 g/mol. The van der Waals surface area contributed by atoms with Crippen LogP contribution in [-0.2, 0) is 14.3 Å². The van der Waals surface area contributed by atoms with Crippen LogP contribution in [0.5, 0.6) is 0 Å². The Morgan fingerprint density at radius 1 is 1.28 bits per heavy atom. The third-order valence-electron chi connectivity index (χ3n) is 4.19. The van der Waals surface area contributed by atoms with Crippen LogP contribution in [0.15, 0.2) is 69.3 Å². The molecule has 0 radical (unpaired) electrons. The molecular weight excluding hydrogens is 390 g/mol. The van der Waals surface area contributed by atoms with Crippen LogP contribution in [0.2, 0.25) is 0 Å². The summed E-state index contributed by atoms with van der Waals surface area (Å²) in [4.78, 5) is 24.3. The second kappa shape index (κ2) is 9.17. The molecule has 7 nitrogen and oxygen atoms in total. The third kappa shape index (κ3) is 4.36. The Hall–Kier alpha value is -3.44. The van der Waals surface area contributed by atoms with Gasteiger partial charge in [0.1, 0.15) is 5.76 Å². The van der Waals surface area contributed by atoms with Crippen LogP contribution >= 0.6 is 11.8 Å². The maximum absolute atomic E-state index is 12.9. The maximum atomic E-state index is 12.9. The SMILES string of the molecule is CCOC(=O)C1=C(c2ccccc2)NC(SCC(N)=O)=C(C#N)[C@@H]1c1ccco1. The molecule has 2 aromatic rings. The number of dihydropyridines is 1. The molecule has 1 aliphatic heterocycles. The number of esters is 1. The molecular formula is C21H19N3O4S. The van der Waals surface area contributed by atoms with Crippen molar-refractivity contribution in [3.05, 3.63) is 76.2 Å². The molecule has 0 aliphatic carbocycles. The number of nitrogens with one attached hydrogen (secondary N) is 1. The van der Waals surface area contributed by atoms with Crippen LogP contribution in [-0.4, -0.2) is 24.2 Å². The number of hydrogen-bond acceptors (Lipinski definition) is 7.